The zero-order valence-electron chi connectivity index (χ0n) is 13.2. The Labute approximate surface area is 134 Å². The maximum Gasteiger partial charge on any atom is 0.320 e. The molecule has 0 saturated heterocycles. The summed E-state index contributed by atoms with van der Waals surface area (Å²) in [5.74, 6) is -6.27. The van der Waals surface area contributed by atoms with Crippen molar-refractivity contribution in [1.82, 2.24) is 5.32 Å². The van der Waals surface area contributed by atoms with Crippen LogP contribution < -0.4 is 5.32 Å². The Morgan fingerprint density at radius 3 is 2.00 bits per heavy atom. The number of methoxy groups -OCH3 is 2. The maximum atomic E-state index is 12.1. The third-order valence-corrected chi connectivity index (χ3v) is 3.34. The molecule has 0 aliphatic carbocycles. The molecule has 0 aromatic heterocycles. The Bertz CT molecular complexity index is 567. The van der Waals surface area contributed by atoms with Crippen LogP contribution in [0.2, 0.25) is 0 Å². The molecule has 0 aliphatic heterocycles. The summed E-state index contributed by atoms with van der Waals surface area (Å²) in [5.41, 5.74) is 0.818. The number of rotatable bonds is 7. The van der Waals surface area contributed by atoms with Crippen molar-refractivity contribution >= 4 is 23.6 Å². The second-order valence-electron chi connectivity index (χ2n) is 4.85. The van der Waals surface area contributed by atoms with Crippen LogP contribution in [0.15, 0.2) is 30.3 Å². The molecule has 1 amide bonds. The average molecular weight is 321 g/mol. The van der Waals surface area contributed by atoms with Crippen LogP contribution in [-0.2, 0) is 35.2 Å². The van der Waals surface area contributed by atoms with E-state index in [1.807, 2.05) is 6.07 Å². The summed E-state index contributed by atoms with van der Waals surface area (Å²) >= 11 is 0. The van der Waals surface area contributed by atoms with Gasteiger partial charge in [-0.15, -0.1) is 0 Å². The van der Waals surface area contributed by atoms with Gasteiger partial charge in [0.25, 0.3) is 5.91 Å². The highest BCUT2D eigenvalue weighted by Crippen LogP contribution is 2.16. The highest BCUT2D eigenvalue weighted by Gasteiger charge is 2.40. The van der Waals surface area contributed by atoms with Crippen molar-refractivity contribution in [3.05, 3.63) is 35.9 Å². The number of nitrogens with one attached hydrogen (secondary N) is 1. The van der Waals surface area contributed by atoms with E-state index in [2.05, 4.69) is 14.8 Å². The summed E-state index contributed by atoms with van der Waals surface area (Å²) in [4.78, 5) is 47.3. The molecule has 1 N–H and O–H groups in total. The largest absolute Gasteiger partial charge is 0.468 e. The zero-order valence-corrected chi connectivity index (χ0v) is 13.2. The minimum atomic E-state index is -1.47. The molecule has 1 aromatic rings. The van der Waals surface area contributed by atoms with Gasteiger partial charge in [-0.2, -0.15) is 0 Å². The molecule has 7 nitrogen and oxygen atoms in total. The predicted molar refractivity (Wildman–Crippen MR) is 80.0 cm³/mol. The number of Topliss-reactive ketones (excluding diaryl/α,β-unsaturated/α-hetero) is 1. The molecule has 1 rings (SSSR count). The Balaban J connectivity index is 2.74. The van der Waals surface area contributed by atoms with Gasteiger partial charge in [-0.05, 0) is 5.56 Å². The van der Waals surface area contributed by atoms with Gasteiger partial charge in [0.15, 0.2) is 5.92 Å². The number of hydrogen-bond donors (Lipinski definition) is 1. The molecule has 0 unspecified atom stereocenters. The van der Waals surface area contributed by atoms with E-state index in [4.69, 9.17) is 0 Å². The molecule has 0 aliphatic rings. The second kappa shape index (κ2) is 8.67. The van der Waals surface area contributed by atoms with Crippen molar-refractivity contribution in [1.29, 1.82) is 0 Å². The highest BCUT2D eigenvalue weighted by molar-refractivity contribution is 6.37. The summed E-state index contributed by atoms with van der Waals surface area (Å²) in [6.45, 7) is 1.47. The number of carbonyl (C=O) groups is 4. The fraction of sp³-hybridized carbons (Fsp3) is 0.375. The van der Waals surface area contributed by atoms with E-state index in [0.29, 0.717) is 0 Å². The van der Waals surface area contributed by atoms with E-state index in [0.717, 1.165) is 19.8 Å². The van der Waals surface area contributed by atoms with Gasteiger partial charge in [0, 0.05) is 12.5 Å². The smallest absolute Gasteiger partial charge is 0.320 e. The number of hydrogen-bond acceptors (Lipinski definition) is 6. The monoisotopic (exact) mass is 321 g/mol. The van der Waals surface area contributed by atoms with Crippen molar-refractivity contribution in [3.63, 3.8) is 0 Å². The Kier molecular flexibility index (Phi) is 6.92. The molecule has 0 saturated carbocycles. The molecule has 7 heteroatoms. The van der Waals surface area contributed by atoms with Crippen LogP contribution in [0.4, 0.5) is 0 Å². The quantitative estimate of drug-likeness (QED) is 0.445. The number of amides is 1. The van der Waals surface area contributed by atoms with Crippen LogP contribution in [0.5, 0.6) is 0 Å². The van der Waals surface area contributed by atoms with Crippen molar-refractivity contribution in [2.45, 2.75) is 13.5 Å². The lowest BCUT2D eigenvalue weighted by Crippen LogP contribution is -2.42. The van der Waals surface area contributed by atoms with Gasteiger partial charge in [-0.1, -0.05) is 37.3 Å². The maximum absolute atomic E-state index is 12.1. The van der Waals surface area contributed by atoms with E-state index in [-0.39, 0.29) is 6.54 Å². The number of carbonyl (C=O) groups excluding carboxylic acids is 4. The van der Waals surface area contributed by atoms with Crippen LogP contribution in [0.3, 0.4) is 0 Å². The number of ether oxygens (including phenoxy) is 2. The molecule has 0 radical (unpaired) electrons. The van der Waals surface area contributed by atoms with Crippen molar-refractivity contribution < 1.29 is 28.7 Å². The Morgan fingerprint density at radius 2 is 1.52 bits per heavy atom. The first-order chi connectivity index (χ1) is 10.9. The molecular weight excluding hydrogens is 302 g/mol. The van der Waals surface area contributed by atoms with Gasteiger partial charge < -0.3 is 14.8 Å². The number of benzene rings is 1. The van der Waals surface area contributed by atoms with Crippen LogP contribution in [0, 0.1) is 11.8 Å². The predicted octanol–water partition coefficient (Wildman–Crippen LogP) is 0.470. The molecule has 23 heavy (non-hydrogen) atoms. The Morgan fingerprint density at radius 1 is 1.00 bits per heavy atom. The van der Waals surface area contributed by atoms with Gasteiger partial charge in [0.05, 0.1) is 14.2 Å². The molecule has 124 valence electrons. The van der Waals surface area contributed by atoms with Gasteiger partial charge >= 0.3 is 11.9 Å². The molecule has 1 atom stereocenters. The summed E-state index contributed by atoms with van der Waals surface area (Å²) in [7, 11) is 2.18. The summed E-state index contributed by atoms with van der Waals surface area (Å²) in [6.07, 6.45) is 0. The van der Waals surface area contributed by atoms with Crippen LogP contribution in [0.25, 0.3) is 0 Å². The van der Waals surface area contributed by atoms with Gasteiger partial charge in [-0.3, -0.25) is 19.2 Å². The highest BCUT2D eigenvalue weighted by atomic mass is 16.5. The van der Waals surface area contributed by atoms with Crippen LogP contribution in [-0.4, -0.2) is 37.8 Å². The minimum absolute atomic E-state index is 0.166. The molecule has 0 bridgehead atoms. The number of esters is 2. The normalized spacial score (nSPS) is 11.5. The van der Waals surface area contributed by atoms with Gasteiger partial charge in [-0.25, -0.2) is 0 Å². The molecule has 0 fully saturated rings. The first-order valence-electron chi connectivity index (χ1n) is 6.94. The van der Waals surface area contributed by atoms with Crippen molar-refractivity contribution in [3.8, 4) is 0 Å². The minimum Gasteiger partial charge on any atom is -0.468 e. The average Bonchev–Trinajstić information content (AvgIpc) is 2.59. The Hall–Kier alpha value is -2.70. The van der Waals surface area contributed by atoms with Crippen LogP contribution in [0.1, 0.15) is 12.5 Å². The lowest BCUT2D eigenvalue weighted by atomic mass is 9.89. The zero-order chi connectivity index (χ0) is 17.4. The SMILES string of the molecule is COC(=O)C(C(=O)OC)[C@@H](C)C(=O)C(=O)NCc1ccccc1. The summed E-state index contributed by atoms with van der Waals surface area (Å²) < 4.78 is 8.98. The van der Waals surface area contributed by atoms with Gasteiger partial charge in [0.2, 0.25) is 5.78 Å². The first kappa shape index (κ1) is 18.3. The lowest BCUT2D eigenvalue weighted by Gasteiger charge is -2.18. The van der Waals surface area contributed by atoms with Gasteiger partial charge in [0.1, 0.15) is 0 Å². The van der Waals surface area contributed by atoms with E-state index < -0.39 is 35.5 Å². The fourth-order valence-corrected chi connectivity index (χ4v) is 1.98. The van der Waals surface area contributed by atoms with E-state index in [1.165, 1.54) is 6.92 Å². The third kappa shape index (κ3) is 4.91. The van der Waals surface area contributed by atoms with Crippen molar-refractivity contribution in [2.24, 2.45) is 11.8 Å². The first-order valence-corrected chi connectivity index (χ1v) is 6.94. The fourth-order valence-electron chi connectivity index (χ4n) is 1.98. The van der Waals surface area contributed by atoms with E-state index in [9.17, 15) is 19.2 Å². The third-order valence-electron chi connectivity index (χ3n) is 3.34. The number of ketones is 1. The summed E-state index contributed by atoms with van der Waals surface area (Å²) in [6, 6.07) is 9.02. The molecule has 0 heterocycles. The lowest BCUT2D eigenvalue weighted by molar-refractivity contribution is -0.163. The molecular formula is C16H19NO6. The summed E-state index contributed by atoms with van der Waals surface area (Å²) in [5, 5.41) is 2.46. The standard InChI is InChI=1S/C16H19NO6/c1-10(12(15(20)22-2)16(21)23-3)13(18)14(19)17-9-11-7-5-4-6-8-11/h4-8,10,12H,9H2,1-3H3,(H,17,19)/t10-/m1/s1. The van der Waals surface area contributed by atoms with Crippen LogP contribution >= 0.6 is 0 Å². The van der Waals surface area contributed by atoms with Crippen molar-refractivity contribution in [2.75, 3.05) is 14.2 Å². The topological polar surface area (TPSA) is 98.8 Å². The second-order valence-corrected chi connectivity index (χ2v) is 4.85. The van der Waals surface area contributed by atoms with E-state index >= 15 is 0 Å². The van der Waals surface area contributed by atoms with E-state index in [1.54, 1.807) is 24.3 Å². The molecule has 0 spiro atoms. The molecule has 1 aromatic carbocycles.